The number of benzene rings is 2. The highest BCUT2D eigenvalue weighted by atomic mass is 19.1. The first kappa shape index (κ1) is 15.1. The van der Waals surface area contributed by atoms with Crippen molar-refractivity contribution in [3.8, 4) is 17.1 Å². The molecular weight excluding hydrogens is 299 g/mol. The van der Waals surface area contributed by atoms with E-state index in [1.165, 1.54) is 24.3 Å². The van der Waals surface area contributed by atoms with Crippen LogP contribution in [-0.4, -0.2) is 17.2 Å². The molecule has 0 aliphatic carbocycles. The lowest BCUT2D eigenvalue weighted by Gasteiger charge is -2.09. The number of carbonyl (C=O) groups is 1. The number of carboxylic acid groups (broad SMARTS) is 1. The van der Waals surface area contributed by atoms with Crippen LogP contribution in [0.4, 0.5) is 4.39 Å². The number of hydrogen-bond donors (Lipinski definition) is 1. The number of fused-ring (bicyclic) bond motifs is 1. The summed E-state index contributed by atoms with van der Waals surface area (Å²) < 4.78 is 24.4. The van der Waals surface area contributed by atoms with E-state index in [0.29, 0.717) is 22.3 Å². The lowest BCUT2D eigenvalue weighted by Crippen LogP contribution is -2.05. The van der Waals surface area contributed by atoms with Gasteiger partial charge in [0.1, 0.15) is 28.5 Å². The maximum Gasteiger partial charge on any atom is 0.340 e. The second-order valence-corrected chi connectivity index (χ2v) is 5.44. The Hall–Kier alpha value is -2.82. The smallest absolute Gasteiger partial charge is 0.340 e. The molecule has 3 aromatic rings. The first-order valence-electron chi connectivity index (χ1n) is 7.18. The van der Waals surface area contributed by atoms with Crippen LogP contribution >= 0.6 is 0 Å². The third kappa shape index (κ3) is 2.90. The number of carboxylic acids is 1. The summed E-state index contributed by atoms with van der Waals surface area (Å²) in [7, 11) is 0. The molecule has 0 unspecified atom stereocenters. The number of hydrogen-bond acceptors (Lipinski definition) is 3. The highest BCUT2D eigenvalue weighted by Crippen LogP contribution is 2.35. The zero-order valence-electron chi connectivity index (χ0n) is 12.7. The molecule has 1 N–H and O–H groups in total. The van der Waals surface area contributed by atoms with Gasteiger partial charge in [0, 0.05) is 10.9 Å². The Morgan fingerprint density at radius 1 is 1.17 bits per heavy atom. The van der Waals surface area contributed by atoms with Gasteiger partial charge in [0.15, 0.2) is 0 Å². The molecule has 118 valence electrons. The van der Waals surface area contributed by atoms with Gasteiger partial charge < -0.3 is 14.3 Å². The highest BCUT2D eigenvalue weighted by molar-refractivity contribution is 6.08. The largest absolute Gasteiger partial charge is 0.491 e. The van der Waals surface area contributed by atoms with Crippen molar-refractivity contribution in [1.82, 2.24) is 0 Å². The molecular formula is C18H15FO4. The molecule has 0 atom stereocenters. The van der Waals surface area contributed by atoms with Crippen LogP contribution in [0.25, 0.3) is 22.3 Å². The molecule has 5 heteroatoms. The summed E-state index contributed by atoms with van der Waals surface area (Å²) in [5.74, 6) is -0.727. The maximum absolute atomic E-state index is 13.1. The van der Waals surface area contributed by atoms with E-state index in [-0.39, 0.29) is 17.4 Å². The van der Waals surface area contributed by atoms with Gasteiger partial charge in [-0.2, -0.15) is 0 Å². The second kappa shape index (κ2) is 5.76. The van der Waals surface area contributed by atoms with Crippen molar-refractivity contribution in [2.45, 2.75) is 20.0 Å². The molecule has 0 bridgehead atoms. The minimum absolute atomic E-state index is 0.0239. The lowest BCUT2D eigenvalue weighted by molar-refractivity contribution is 0.0699. The van der Waals surface area contributed by atoms with Crippen molar-refractivity contribution >= 4 is 16.9 Å². The Labute approximate surface area is 132 Å². The number of halogens is 1. The van der Waals surface area contributed by atoms with Gasteiger partial charge in [-0.25, -0.2) is 9.18 Å². The van der Waals surface area contributed by atoms with E-state index in [4.69, 9.17) is 9.15 Å². The van der Waals surface area contributed by atoms with Crippen LogP contribution in [0.2, 0.25) is 0 Å². The Balaban J connectivity index is 2.20. The van der Waals surface area contributed by atoms with Gasteiger partial charge in [-0.15, -0.1) is 0 Å². The molecule has 23 heavy (non-hydrogen) atoms. The van der Waals surface area contributed by atoms with Crippen LogP contribution in [-0.2, 0) is 0 Å². The summed E-state index contributed by atoms with van der Waals surface area (Å²) in [5, 5.41) is 10.0. The maximum atomic E-state index is 13.1. The Bertz CT molecular complexity index is 863. The van der Waals surface area contributed by atoms with Crippen molar-refractivity contribution in [3.05, 3.63) is 53.8 Å². The molecule has 2 aromatic carbocycles. The topological polar surface area (TPSA) is 59.7 Å². The first-order chi connectivity index (χ1) is 11.0. The summed E-state index contributed by atoms with van der Waals surface area (Å²) in [4.78, 5) is 11.7. The van der Waals surface area contributed by atoms with Crippen LogP contribution in [0.3, 0.4) is 0 Å². The Kier molecular flexibility index (Phi) is 3.78. The average Bonchev–Trinajstić information content (AvgIpc) is 2.86. The van der Waals surface area contributed by atoms with Crippen LogP contribution in [0.5, 0.6) is 5.75 Å². The van der Waals surface area contributed by atoms with Crippen molar-refractivity contribution in [3.63, 3.8) is 0 Å². The van der Waals surface area contributed by atoms with Gasteiger partial charge in [0.2, 0.25) is 0 Å². The van der Waals surface area contributed by atoms with Gasteiger partial charge in [-0.3, -0.25) is 0 Å². The molecule has 0 saturated heterocycles. The lowest BCUT2D eigenvalue weighted by atomic mass is 10.1. The molecule has 0 spiro atoms. The predicted octanol–water partition coefficient (Wildman–Crippen LogP) is 4.72. The molecule has 0 aliphatic heterocycles. The van der Waals surface area contributed by atoms with Gasteiger partial charge in [0.25, 0.3) is 0 Å². The molecule has 0 fully saturated rings. The minimum atomic E-state index is -1.11. The molecule has 4 nitrogen and oxygen atoms in total. The van der Waals surface area contributed by atoms with Gasteiger partial charge in [-0.1, -0.05) is 0 Å². The van der Waals surface area contributed by atoms with E-state index in [0.717, 1.165) is 0 Å². The minimum Gasteiger partial charge on any atom is -0.491 e. The predicted molar refractivity (Wildman–Crippen MR) is 84.3 cm³/mol. The van der Waals surface area contributed by atoms with E-state index < -0.39 is 11.8 Å². The SMILES string of the molecule is CC(C)Oc1ccc2oc(-c3ccc(F)cc3)c(C(=O)O)c2c1. The van der Waals surface area contributed by atoms with Gasteiger partial charge in [-0.05, 0) is 56.3 Å². The number of rotatable bonds is 4. The van der Waals surface area contributed by atoms with Crippen LogP contribution in [0, 0.1) is 5.82 Å². The van der Waals surface area contributed by atoms with E-state index in [2.05, 4.69) is 0 Å². The quantitative estimate of drug-likeness (QED) is 0.756. The van der Waals surface area contributed by atoms with E-state index in [9.17, 15) is 14.3 Å². The van der Waals surface area contributed by atoms with Crippen molar-refractivity contribution in [2.24, 2.45) is 0 Å². The third-order valence-electron chi connectivity index (χ3n) is 3.35. The Morgan fingerprint density at radius 3 is 2.48 bits per heavy atom. The van der Waals surface area contributed by atoms with Crippen molar-refractivity contribution in [2.75, 3.05) is 0 Å². The summed E-state index contributed by atoms with van der Waals surface area (Å²) >= 11 is 0. The highest BCUT2D eigenvalue weighted by Gasteiger charge is 2.22. The van der Waals surface area contributed by atoms with Gasteiger partial charge >= 0.3 is 5.97 Å². The third-order valence-corrected chi connectivity index (χ3v) is 3.35. The number of aromatic carboxylic acids is 1. The second-order valence-electron chi connectivity index (χ2n) is 5.44. The number of furan rings is 1. The fraction of sp³-hybridized carbons (Fsp3) is 0.167. The monoisotopic (exact) mass is 314 g/mol. The van der Waals surface area contributed by atoms with Crippen LogP contribution in [0.1, 0.15) is 24.2 Å². The summed E-state index contributed by atoms with van der Waals surface area (Å²) in [5.41, 5.74) is 0.991. The van der Waals surface area contributed by atoms with E-state index in [1.54, 1.807) is 18.2 Å². The fourth-order valence-corrected chi connectivity index (χ4v) is 2.44. The van der Waals surface area contributed by atoms with Crippen LogP contribution in [0.15, 0.2) is 46.9 Å². The molecule has 0 amide bonds. The summed E-state index contributed by atoms with van der Waals surface area (Å²) in [6, 6.07) is 10.6. The molecule has 0 aliphatic rings. The molecule has 0 radical (unpaired) electrons. The van der Waals surface area contributed by atoms with Crippen molar-refractivity contribution in [1.29, 1.82) is 0 Å². The van der Waals surface area contributed by atoms with E-state index >= 15 is 0 Å². The summed E-state index contributed by atoms with van der Waals surface area (Å²) in [6.45, 7) is 3.78. The Morgan fingerprint density at radius 2 is 1.87 bits per heavy atom. The molecule has 3 rings (SSSR count). The van der Waals surface area contributed by atoms with Crippen molar-refractivity contribution < 1.29 is 23.4 Å². The first-order valence-corrected chi connectivity index (χ1v) is 7.18. The zero-order chi connectivity index (χ0) is 16.6. The normalized spacial score (nSPS) is 11.1. The average molecular weight is 314 g/mol. The van der Waals surface area contributed by atoms with Crippen LogP contribution < -0.4 is 4.74 Å². The van der Waals surface area contributed by atoms with Gasteiger partial charge in [0.05, 0.1) is 6.10 Å². The zero-order valence-corrected chi connectivity index (χ0v) is 12.7. The van der Waals surface area contributed by atoms with E-state index in [1.807, 2.05) is 13.8 Å². The fourth-order valence-electron chi connectivity index (χ4n) is 2.44. The molecule has 1 heterocycles. The molecule has 0 saturated carbocycles. The molecule has 1 aromatic heterocycles. The summed E-state index contributed by atoms with van der Waals surface area (Å²) in [6.07, 6.45) is -0.0239. The number of ether oxygens (including phenoxy) is 1. The standard InChI is InChI=1S/C18H15FO4/c1-10(2)22-13-7-8-15-14(9-13)16(18(20)21)17(23-15)11-3-5-12(19)6-4-11/h3-10H,1-2H3,(H,20,21).